The lowest BCUT2D eigenvalue weighted by atomic mass is 9.96. The van der Waals surface area contributed by atoms with Crippen LogP contribution in [-0.2, 0) is 6.42 Å². The molecule has 0 aliphatic rings. The number of methoxy groups -OCH3 is 1. The first kappa shape index (κ1) is 12.1. The summed E-state index contributed by atoms with van der Waals surface area (Å²) >= 11 is 1.08. The van der Waals surface area contributed by atoms with E-state index in [0.29, 0.717) is 17.8 Å². The van der Waals surface area contributed by atoms with E-state index in [1.54, 1.807) is 7.11 Å². The highest BCUT2D eigenvalue weighted by Gasteiger charge is 2.16. The number of rotatable bonds is 3. The van der Waals surface area contributed by atoms with Gasteiger partial charge in [0.2, 0.25) is 0 Å². The standard InChI is InChI=1S/C12H15NO3S/c1-12(2,13)6-7-4-8(15-3)10-9(5-7)17-11(14)16-10/h4-5H,6,13H2,1-3H3. The quantitative estimate of drug-likeness (QED) is 0.910. The lowest BCUT2D eigenvalue weighted by Crippen LogP contribution is -2.34. The van der Waals surface area contributed by atoms with Crippen molar-refractivity contribution in [3.05, 3.63) is 27.4 Å². The lowest BCUT2D eigenvalue weighted by Gasteiger charge is -2.18. The summed E-state index contributed by atoms with van der Waals surface area (Å²) in [6, 6.07) is 3.80. The fourth-order valence-corrected chi connectivity index (χ4v) is 2.53. The van der Waals surface area contributed by atoms with E-state index < -0.39 is 0 Å². The Kier molecular flexibility index (Phi) is 2.97. The van der Waals surface area contributed by atoms with Crippen LogP contribution in [0.1, 0.15) is 19.4 Å². The van der Waals surface area contributed by atoms with Gasteiger partial charge in [-0.05, 0) is 38.0 Å². The highest BCUT2D eigenvalue weighted by Crippen LogP contribution is 2.30. The number of fused-ring (bicyclic) bond motifs is 1. The zero-order chi connectivity index (χ0) is 12.6. The van der Waals surface area contributed by atoms with E-state index in [1.165, 1.54) is 0 Å². The van der Waals surface area contributed by atoms with Crippen LogP contribution in [0.4, 0.5) is 0 Å². The Bertz CT molecular complexity index is 592. The van der Waals surface area contributed by atoms with E-state index in [2.05, 4.69) is 0 Å². The molecule has 0 fully saturated rings. The third-order valence-electron chi connectivity index (χ3n) is 2.34. The third kappa shape index (κ3) is 2.68. The lowest BCUT2D eigenvalue weighted by molar-refractivity contribution is 0.407. The fraction of sp³-hybridized carbons (Fsp3) is 0.417. The first-order valence-corrected chi connectivity index (χ1v) is 6.10. The van der Waals surface area contributed by atoms with Gasteiger partial charge in [-0.25, -0.2) is 4.79 Å². The van der Waals surface area contributed by atoms with Crippen LogP contribution in [0.5, 0.6) is 5.75 Å². The molecule has 0 saturated heterocycles. The summed E-state index contributed by atoms with van der Waals surface area (Å²) < 4.78 is 11.1. The zero-order valence-electron chi connectivity index (χ0n) is 10.1. The van der Waals surface area contributed by atoms with E-state index in [4.69, 9.17) is 14.9 Å². The van der Waals surface area contributed by atoms with E-state index in [0.717, 1.165) is 21.6 Å². The Hall–Kier alpha value is -1.33. The molecule has 2 aromatic rings. The second-order valence-corrected chi connectivity index (χ2v) is 5.72. The molecule has 0 bridgehead atoms. The first-order valence-electron chi connectivity index (χ1n) is 5.28. The predicted octanol–water partition coefficient (Wildman–Crippen LogP) is 2.14. The van der Waals surface area contributed by atoms with Gasteiger partial charge < -0.3 is 14.9 Å². The van der Waals surface area contributed by atoms with Crippen LogP contribution in [0.3, 0.4) is 0 Å². The molecule has 1 aromatic carbocycles. The summed E-state index contributed by atoms with van der Waals surface area (Å²) in [6.07, 6.45) is 0.714. The van der Waals surface area contributed by atoms with Gasteiger partial charge in [0.25, 0.3) is 0 Å². The molecule has 1 heterocycles. The molecule has 17 heavy (non-hydrogen) atoms. The van der Waals surface area contributed by atoms with Gasteiger partial charge in [-0.3, -0.25) is 0 Å². The van der Waals surface area contributed by atoms with E-state index in [1.807, 2.05) is 26.0 Å². The molecule has 0 atom stereocenters. The van der Waals surface area contributed by atoms with Gasteiger partial charge in [-0.15, -0.1) is 0 Å². The smallest absolute Gasteiger partial charge is 0.396 e. The minimum atomic E-state index is -0.317. The van der Waals surface area contributed by atoms with Gasteiger partial charge in [0.1, 0.15) is 0 Å². The van der Waals surface area contributed by atoms with Crippen LogP contribution in [0, 0.1) is 0 Å². The molecule has 0 saturated carbocycles. The average Bonchev–Trinajstić information content (AvgIpc) is 2.54. The van der Waals surface area contributed by atoms with Crippen molar-refractivity contribution in [2.45, 2.75) is 25.8 Å². The van der Waals surface area contributed by atoms with Gasteiger partial charge in [0.15, 0.2) is 11.3 Å². The van der Waals surface area contributed by atoms with Gasteiger partial charge in [-0.2, -0.15) is 0 Å². The molecule has 0 amide bonds. The Balaban J connectivity index is 2.56. The Labute approximate surface area is 103 Å². The Morgan fingerprint density at radius 3 is 2.76 bits per heavy atom. The van der Waals surface area contributed by atoms with Gasteiger partial charge in [-0.1, -0.05) is 11.3 Å². The monoisotopic (exact) mass is 253 g/mol. The molecular formula is C12H15NO3S. The summed E-state index contributed by atoms with van der Waals surface area (Å²) in [5, 5.41) is 0. The SMILES string of the molecule is COc1cc(CC(C)(C)N)cc2sc(=O)oc12. The predicted molar refractivity (Wildman–Crippen MR) is 68.9 cm³/mol. The summed E-state index contributed by atoms with van der Waals surface area (Å²) in [6.45, 7) is 3.92. The van der Waals surface area contributed by atoms with Crippen LogP contribution in [0.15, 0.2) is 21.3 Å². The molecule has 0 aliphatic heterocycles. The van der Waals surface area contributed by atoms with Crippen LogP contribution in [-0.4, -0.2) is 12.6 Å². The summed E-state index contributed by atoms with van der Waals surface area (Å²) in [7, 11) is 1.56. The molecule has 0 aliphatic carbocycles. The highest BCUT2D eigenvalue weighted by atomic mass is 32.1. The molecule has 4 nitrogen and oxygen atoms in total. The van der Waals surface area contributed by atoms with Crippen molar-refractivity contribution in [3.63, 3.8) is 0 Å². The molecule has 5 heteroatoms. The minimum absolute atomic E-state index is 0.298. The molecule has 2 N–H and O–H groups in total. The van der Waals surface area contributed by atoms with Crippen molar-refractivity contribution < 1.29 is 9.15 Å². The number of nitrogens with two attached hydrogens (primary N) is 1. The second-order valence-electron chi connectivity index (χ2n) is 4.74. The van der Waals surface area contributed by atoms with Gasteiger partial charge in [0.05, 0.1) is 11.8 Å². The zero-order valence-corrected chi connectivity index (χ0v) is 10.9. The van der Waals surface area contributed by atoms with Crippen molar-refractivity contribution in [1.29, 1.82) is 0 Å². The van der Waals surface area contributed by atoms with Gasteiger partial charge >= 0.3 is 4.94 Å². The van der Waals surface area contributed by atoms with Crippen molar-refractivity contribution in [2.75, 3.05) is 7.11 Å². The molecule has 0 spiro atoms. The summed E-state index contributed by atoms with van der Waals surface area (Å²) in [5.74, 6) is 0.583. The number of hydrogen-bond donors (Lipinski definition) is 1. The van der Waals surface area contributed by atoms with Crippen LogP contribution in [0.2, 0.25) is 0 Å². The molecular weight excluding hydrogens is 238 g/mol. The van der Waals surface area contributed by atoms with Crippen LogP contribution < -0.4 is 15.4 Å². The molecule has 2 rings (SSSR count). The van der Waals surface area contributed by atoms with Crippen molar-refractivity contribution in [3.8, 4) is 5.75 Å². The molecule has 0 radical (unpaired) electrons. The first-order chi connectivity index (χ1) is 7.89. The average molecular weight is 253 g/mol. The number of hydrogen-bond acceptors (Lipinski definition) is 5. The fourth-order valence-electron chi connectivity index (χ4n) is 1.78. The molecule has 1 aromatic heterocycles. The van der Waals surface area contributed by atoms with Crippen LogP contribution in [0.25, 0.3) is 10.3 Å². The van der Waals surface area contributed by atoms with E-state index in [9.17, 15) is 4.79 Å². The number of ether oxygens (including phenoxy) is 1. The van der Waals surface area contributed by atoms with Crippen molar-refractivity contribution in [1.82, 2.24) is 0 Å². The Morgan fingerprint density at radius 2 is 2.18 bits per heavy atom. The van der Waals surface area contributed by atoms with E-state index in [-0.39, 0.29) is 10.5 Å². The minimum Gasteiger partial charge on any atom is -0.493 e. The molecule has 0 unspecified atom stereocenters. The van der Waals surface area contributed by atoms with Crippen molar-refractivity contribution >= 4 is 21.6 Å². The van der Waals surface area contributed by atoms with Gasteiger partial charge in [0, 0.05) is 5.54 Å². The third-order valence-corrected chi connectivity index (χ3v) is 3.11. The summed E-state index contributed by atoms with van der Waals surface area (Å²) in [5.41, 5.74) is 7.24. The maximum atomic E-state index is 11.2. The summed E-state index contributed by atoms with van der Waals surface area (Å²) in [4.78, 5) is 10.9. The maximum Gasteiger partial charge on any atom is 0.396 e. The second kappa shape index (κ2) is 4.16. The highest BCUT2D eigenvalue weighted by molar-refractivity contribution is 7.16. The Morgan fingerprint density at radius 1 is 1.47 bits per heavy atom. The largest absolute Gasteiger partial charge is 0.493 e. The van der Waals surface area contributed by atoms with Crippen molar-refractivity contribution in [2.24, 2.45) is 5.73 Å². The number of benzene rings is 1. The van der Waals surface area contributed by atoms with Crippen LogP contribution >= 0.6 is 11.3 Å². The molecule has 92 valence electrons. The van der Waals surface area contributed by atoms with E-state index >= 15 is 0 Å². The maximum absolute atomic E-state index is 11.2. The normalized spacial score (nSPS) is 12.0. The topological polar surface area (TPSA) is 65.5 Å².